The second-order valence-electron chi connectivity index (χ2n) is 4.37. The third-order valence-corrected chi connectivity index (χ3v) is 4.77. The predicted octanol–water partition coefficient (Wildman–Crippen LogP) is 5.11. The summed E-state index contributed by atoms with van der Waals surface area (Å²) in [5.74, 6) is 1.26. The van der Waals surface area contributed by atoms with Gasteiger partial charge in [0.25, 0.3) is 0 Å². The number of furan rings is 1. The molecule has 0 aliphatic carbocycles. The van der Waals surface area contributed by atoms with Gasteiger partial charge >= 0.3 is 0 Å². The Balaban J connectivity index is 1.70. The van der Waals surface area contributed by atoms with E-state index in [1.807, 2.05) is 6.07 Å². The van der Waals surface area contributed by atoms with Crippen molar-refractivity contribution >= 4 is 57.1 Å². The van der Waals surface area contributed by atoms with Crippen LogP contribution < -0.4 is 0 Å². The van der Waals surface area contributed by atoms with E-state index in [1.54, 1.807) is 35.2 Å². The molecule has 2 heterocycles. The van der Waals surface area contributed by atoms with Crippen LogP contribution in [0.5, 0.6) is 0 Å². The van der Waals surface area contributed by atoms with Crippen molar-refractivity contribution in [3.8, 4) is 0 Å². The zero-order chi connectivity index (χ0) is 16.2. The second kappa shape index (κ2) is 7.53. The lowest BCUT2D eigenvalue weighted by atomic mass is 10.2. The number of hydrogen-bond donors (Lipinski definition) is 0. The first-order valence-electron chi connectivity index (χ1n) is 6.38. The molecule has 0 radical (unpaired) electrons. The molecular weight excluding hydrogens is 423 g/mol. The minimum Gasteiger partial charge on any atom is -0.448 e. The summed E-state index contributed by atoms with van der Waals surface area (Å²) < 4.78 is 7.58. The molecule has 3 aromatic rings. The van der Waals surface area contributed by atoms with Crippen LogP contribution in [-0.2, 0) is 5.75 Å². The van der Waals surface area contributed by atoms with E-state index in [2.05, 4.69) is 31.2 Å². The van der Waals surface area contributed by atoms with E-state index in [-0.39, 0.29) is 0 Å². The molecule has 0 N–H and O–H groups in total. The van der Waals surface area contributed by atoms with Crippen LogP contribution in [0.3, 0.4) is 0 Å². The lowest BCUT2D eigenvalue weighted by molar-refractivity contribution is 0.533. The van der Waals surface area contributed by atoms with Gasteiger partial charge in [-0.3, -0.25) is 0 Å². The van der Waals surface area contributed by atoms with Crippen LogP contribution in [0, 0.1) is 0 Å². The largest absolute Gasteiger partial charge is 0.448 e. The van der Waals surface area contributed by atoms with Crippen molar-refractivity contribution in [3.63, 3.8) is 0 Å². The fourth-order valence-electron chi connectivity index (χ4n) is 1.69. The number of rotatable bonds is 5. The van der Waals surface area contributed by atoms with Gasteiger partial charge in [-0.2, -0.15) is 9.78 Å². The van der Waals surface area contributed by atoms with Crippen molar-refractivity contribution in [1.82, 2.24) is 14.9 Å². The van der Waals surface area contributed by atoms with Gasteiger partial charge in [-0.1, -0.05) is 41.0 Å². The summed E-state index contributed by atoms with van der Waals surface area (Å²) in [6.45, 7) is 0. The van der Waals surface area contributed by atoms with Crippen molar-refractivity contribution in [2.24, 2.45) is 5.10 Å². The van der Waals surface area contributed by atoms with Crippen molar-refractivity contribution in [2.45, 2.75) is 10.9 Å². The van der Waals surface area contributed by atoms with Gasteiger partial charge in [-0.25, -0.2) is 0 Å². The molecule has 0 saturated heterocycles. The molecule has 5 nitrogen and oxygen atoms in total. The fraction of sp³-hybridized carbons (Fsp3) is 0.0714. The Hall–Kier alpha value is -1.28. The van der Waals surface area contributed by atoms with Gasteiger partial charge in [0.1, 0.15) is 12.1 Å². The van der Waals surface area contributed by atoms with E-state index < -0.39 is 0 Å². The summed E-state index contributed by atoms with van der Waals surface area (Å²) in [6.07, 6.45) is 3.12. The Morgan fingerprint density at radius 2 is 2.17 bits per heavy atom. The number of hydrogen-bond acceptors (Lipinski definition) is 5. The summed E-state index contributed by atoms with van der Waals surface area (Å²) in [5.41, 5.74) is 0.967. The minimum atomic E-state index is 0.612. The zero-order valence-electron chi connectivity index (χ0n) is 11.5. The fourth-order valence-corrected chi connectivity index (χ4v) is 3.43. The molecular formula is C14H9BrCl2N4OS. The quantitative estimate of drug-likeness (QED) is 0.415. The van der Waals surface area contributed by atoms with Crippen LogP contribution in [-0.4, -0.2) is 21.1 Å². The first kappa shape index (κ1) is 16.6. The first-order chi connectivity index (χ1) is 11.1. The second-order valence-corrected chi connectivity index (χ2v) is 6.94. The smallest absolute Gasteiger partial charge is 0.212 e. The summed E-state index contributed by atoms with van der Waals surface area (Å²) in [4.78, 5) is 0. The van der Waals surface area contributed by atoms with Crippen molar-refractivity contribution in [3.05, 3.63) is 62.7 Å². The van der Waals surface area contributed by atoms with Gasteiger partial charge in [-0.15, -0.1) is 10.2 Å². The summed E-state index contributed by atoms with van der Waals surface area (Å²) >= 11 is 16.8. The van der Waals surface area contributed by atoms with Gasteiger partial charge in [0, 0.05) is 15.8 Å². The molecule has 0 aliphatic heterocycles. The predicted molar refractivity (Wildman–Crippen MR) is 95.4 cm³/mol. The Kier molecular flexibility index (Phi) is 5.42. The van der Waals surface area contributed by atoms with Gasteiger partial charge in [0.15, 0.2) is 4.67 Å². The number of thioether (sulfide) groups is 1. The van der Waals surface area contributed by atoms with Crippen LogP contribution in [0.15, 0.2) is 56.0 Å². The van der Waals surface area contributed by atoms with E-state index in [0.717, 1.165) is 5.56 Å². The molecule has 0 spiro atoms. The number of halogens is 3. The summed E-state index contributed by atoms with van der Waals surface area (Å²) in [5, 5.41) is 14.1. The highest BCUT2D eigenvalue weighted by Crippen LogP contribution is 2.27. The normalized spacial score (nSPS) is 11.4. The first-order valence-corrected chi connectivity index (χ1v) is 8.92. The topological polar surface area (TPSA) is 56.2 Å². The molecule has 3 rings (SSSR count). The van der Waals surface area contributed by atoms with Crippen molar-refractivity contribution in [1.29, 1.82) is 0 Å². The maximum Gasteiger partial charge on any atom is 0.212 e. The Bertz CT molecular complexity index is 849. The van der Waals surface area contributed by atoms with Gasteiger partial charge in [0.05, 0.1) is 6.21 Å². The lowest BCUT2D eigenvalue weighted by Gasteiger charge is -2.04. The monoisotopic (exact) mass is 430 g/mol. The molecule has 118 valence electrons. The SMILES string of the molecule is Clc1ccc(CSc2nncn2/N=C/c2ccc(Br)o2)c(Cl)c1. The molecule has 0 unspecified atom stereocenters. The molecule has 0 aliphatic rings. The Labute approximate surface area is 154 Å². The maximum absolute atomic E-state index is 6.17. The van der Waals surface area contributed by atoms with Gasteiger partial charge < -0.3 is 4.42 Å². The van der Waals surface area contributed by atoms with Crippen molar-refractivity contribution < 1.29 is 4.42 Å². The Morgan fingerprint density at radius 3 is 2.91 bits per heavy atom. The zero-order valence-corrected chi connectivity index (χ0v) is 15.4. The van der Waals surface area contributed by atoms with Gasteiger partial charge in [-0.05, 0) is 45.8 Å². The van der Waals surface area contributed by atoms with E-state index >= 15 is 0 Å². The van der Waals surface area contributed by atoms with Crippen LogP contribution >= 0.6 is 50.9 Å². The van der Waals surface area contributed by atoms with E-state index in [1.165, 1.54) is 18.1 Å². The summed E-state index contributed by atoms with van der Waals surface area (Å²) in [6, 6.07) is 9.02. The molecule has 23 heavy (non-hydrogen) atoms. The third-order valence-electron chi connectivity index (χ3n) is 2.78. The highest BCUT2D eigenvalue weighted by Gasteiger charge is 2.07. The molecule has 9 heteroatoms. The molecule has 2 aromatic heterocycles. The van der Waals surface area contributed by atoms with E-state index in [0.29, 0.717) is 31.4 Å². The van der Waals surface area contributed by atoms with Crippen LogP contribution in [0.4, 0.5) is 0 Å². The number of benzene rings is 1. The standard InChI is InChI=1S/C14H9BrCl2N4OS/c15-13-4-3-11(22-13)6-19-21-8-18-20-14(21)23-7-9-1-2-10(16)5-12(9)17/h1-6,8H,7H2/b19-6+. The maximum atomic E-state index is 6.17. The molecule has 0 amide bonds. The Morgan fingerprint density at radius 1 is 1.30 bits per heavy atom. The lowest BCUT2D eigenvalue weighted by Crippen LogP contribution is -1.92. The molecule has 1 aromatic carbocycles. The highest BCUT2D eigenvalue weighted by molar-refractivity contribution is 9.10. The van der Waals surface area contributed by atoms with Crippen LogP contribution in [0.25, 0.3) is 0 Å². The molecule has 0 saturated carbocycles. The van der Waals surface area contributed by atoms with E-state index in [9.17, 15) is 0 Å². The number of aromatic nitrogens is 3. The third kappa shape index (κ3) is 4.38. The van der Waals surface area contributed by atoms with Crippen LogP contribution in [0.2, 0.25) is 10.0 Å². The average Bonchev–Trinajstić information content (AvgIpc) is 3.13. The summed E-state index contributed by atoms with van der Waals surface area (Å²) in [7, 11) is 0. The average molecular weight is 432 g/mol. The van der Waals surface area contributed by atoms with Crippen LogP contribution in [0.1, 0.15) is 11.3 Å². The number of nitrogens with zero attached hydrogens (tertiary/aromatic N) is 4. The molecule has 0 fully saturated rings. The minimum absolute atomic E-state index is 0.612. The molecule has 0 atom stereocenters. The van der Waals surface area contributed by atoms with Crippen molar-refractivity contribution in [2.75, 3.05) is 0 Å². The highest BCUT2D eigenvalue weighted by atomic mass is 79.9. The van der Waals surface area contributed by atoms with E-state index in [4.69, 9.17) is 27.6 Å². The molecule has 0 bridgehead atoms. The van der Waals surface area contributed by atoms with Gasteiger partial charge in [0.2, 0.25) is 5.16 Å².